The van der Waals surface area contributed by atoms with E-state index in [1.165, 1.54) is 18.2 Å². The third kappa shape index (κ3) is 5.54. The molecule has 6 nitrogen and oxygen atoms in total. The fourth-order valence-electron chi connectivity index (χ4n) is 2.90. The van der Waals surface area contributed by atoms with Gasteiger partial charge < -0.3 is 20.1 Å². The zero-order valence-corrected chi connectivity index (χ0v) is 17.9. The second-order valence-electron chi connectivity index (χ2n) is 6.72. The van der Waals surface area contributed by atoms with Crippen molar-refractivity contribution in [1.29, 1.82) is 0 Å². The molecule has 0 spiro atoms. The van der Waals surface area contributed by atoms with Crippen molar-refractivity contribution in [1.82, 2.24) is 0 Å². The van der Waals surface area contributed by atoms with Crippen LogP contribution in [0.25, 0.3) is 0 Å². The summed E-state index contributed by atoms with van der Waals surface area (Å²) in [5.41, 5.74) is 0.294. The van der Waals surface area contributed by atoms with Gasteiger partial charge in [-0.2, -0.15) is 0 Å². The predicted molar refractivity (Wildman–Crippen MR) is 112 cm³/mol. The van der Waals surface area contributed by atoms with E-state index in [2.05, 4.69) is 26.6 Å². The Bertz CT molecular complexity index is 951. The van der Waals surface area contributed by atoms with Gasteiger partial charge in [-0.3, -0.25) is 4.79 Å². The minimum Gasteiger partial charge on any atom is -0.462 e. The molecule has 0 aliphatic carbocycles. The highest BCUT2D eigenvalue weighted by Gasteiger charge is 2.22. The van der Waals surface area contributed by atoms with Gasteiger partial charge >= 0.3 is 5.97 Å². The minimum atomic E-state index is -0.804. The van der Waals surface area contributed by atoms with Crippen molar-refractivity contribution in [3.63, 3.8) is 0 Å². The Morgan fingerprint density at radius 2 is 2.00 bits per heavy atom. The van der Waals surface area contributed by atoms with Gasteiger partial charge in [-0.25, -0.2) is 13.6 Å². The lowest BCUT2D eigenvalue weighted by Gasteiger charge is -2.27. The van der Waals surface area contributed by atoms with Gasteiger partial charge in [0.2, 0.25) is 5.91 Å². The predicted octanol–water partition coefficient (Wildman–Crippen LogP) is 4.29. The van der Waals surface area contributed by atoms with Crippen molar-refractivity contribution in [2.75, 3.05) is 30.4 Å². The average Bonchev–Trinajstić information content (AvgIpc) is 2.65. The van der Waals surface area contributed by atoms with Crippen molar-refractivity contribution in [2.24, 2.45) is 0 Å². The number of ether oxygens (including phenoxy) is 2. The average molecular weight is 483 g/mol. The Hall–Kier alpha value is -2.52. The molecule has 1 heterocycles. The number of nitrogens with one attached hydrogen (secondary N) is 2. The lowest BCUT2D eigenvalue weighted by molar-refractivity contribution is -0.115. The highest BCUT2D eigenvalue weighted by Crippen LogP contribution is 2.29. The molecule has 9 heteroatoms. The molecular weight excluding hydrogens is 462 g/mol. The summed E-state index contributed by atoms with van der Waals surface area (Å²) in [6.45, 7) is 2.84. The zero-order valence-electron chi connectivity index (χ0n) is 16.3. The van der Waals surface area contributed by atoms with E-state index < -0.39 is 23.5 Å². The van der Waals surface area contributed by atoms with E-state index in [4.69, 9.17) is 9.47 Å². The lowest BCUT2D eigenvalue weighted by atomic mass is 10.1. The number of benzene rings is 2. The first-order valence-electron chi connectivity index (χ1n) is 9.47. The van der Waals surface area contributed by atoms with Crippen LogP contribution in [0.3, 0.4) is 0 Å². The zero-order chi connectivity index (χ0) is 21.7. The number of esters is 1. The fraction of sp³-hybridized carbons (Fsp3) is 0.333. The number of amides is 1. The summed E-state index contributed by atoms with van der Waals surface area (Å²) >= 11 is 3.16. The van der Waals surface area contributed by atoms with Crippen LogP contribution in [0.15, 0.2) is 34.8 Å². The van der Waals surface area contributed by atoms with Crippen LogP contribution in [0.2, 0.25) is 0 Å². The van der Waals surface area contributed by atoms with Crippen LogP contribution >= 0.6 is 15.9 Å². The molecule has 160 valence electrons. The van der Waals surface area contributed by atoms with Gasteiger partial charge in [0.1, 0.15) is 17.3 Å². The number of hydrogen-bond donors (Lipinski definition) is 2. The first-order valence-corrected chi connectivity index (χ1v) is 10.3. The van der Waals surface area contributed by atoms with Crippen LogP contribution < -0.4 is 10.6 Å². The molecule has 2 N–H and O–H groups in total. The van der Waals surface area contributed by atoms with Gasteiger partial charge in [-0.1, -0.05) is 22.0 Å². The summed E-state index contributed by atoms with van der Waals surface area (Å²) in [7, 11) is 0. The highest BCUT2D eigenvalue weighted by atomic mass is 79.9. The van der Waals surface area contributed by atoms with Crippen LogP contribution in [0.5, 0.6) is 0 Å². The van der Waals surface area contributed by atoms with Crippen molar-refractivity contribution < 1.29 is 27.8 Å². The third-order valence-electron chi connectivity index (χ3n) is 4.55. The molecular formula is C21H21BrF2N2O4. The molecule has 1 aliphatic heterocycles. The second-order valence-corrected chi connectivity index (χ2v) is 7.64. The normalized spacial score (nSPS) is 15.3. The van der Waals surface area contributed by atoms with Crippen LogP contribution in [-0.2, 0) is 20.7 Å². The van der Waals surface area contributed by atoms with Gasteiger partial charge in [0.25, 0.3) is 0 Å². The monoisotopic (exact) mass is 482 g/mol. The smallest absolute Gasteiger partial charge is 0.338 e. The molecule has 1 atom stereocenters. The van der Waals surface area contributed by atoms with E-state index in [0.717, 1.165) is 12.5 Å². The van der Waals surface area contributed by atoms with Gasteiger partial charge in [-0.15, -0.1) is 0 Å². The number of hydrogen-bond acceptors (Lipinski definition) is 5. The van der Waals surface area contributed by atoms with Crippen LogP contribution in [0.1, 0.15) is 29.3 Å². The lowest BCUT2D eigenvalue weighted by Crippen LogP contribution is -2.33. The molecule has 1 fully saturated rings. The third-order valence-corrected chi connectivity index (χ3v) is 5.04. The van der Waals surface area contributed by atoms with Crippen LogP contribution in [-0.4, -0.2) is 37.7 Å². The Morgan fingerprint density at radius 3 is 2.63 bits per heavy atom. The molecule has 0 unspecified atom stereocenters. The Kier molecular flexibility index (Phi) is 7.38. The Labute approximate surface area is 181 Å². The molecule has 0 saturated carbocycles. The standard InChI is InChI=1S/C21H21BrF2N2O4/c1-2-29-21(28)13-7-17(24)20(18(8-13)25-11-15-5-6-30-15)26-19(27)9-12-3-4-14(22)10-16(12)23/h3-4,7-8,10,15,25H,2,5-6,9,11H2,1H3,(H,26,27)/t15-/m0/s1. The molecule has 2 aromatic carbocycles. The first kappa shape index (κ1) is 22.2. The van der Waals surface area contributed by atoms with E-state index >= 15 is 0 Å². The van der Waals surface area contributed by atoms with E-state index in [1.807, 2.05) is 0 Å². The van der Waals surface area contributed by atoms with E-state index in [0.29, 0.717) is 17.6 Å². The van der Waals surface area contributed by atoms with Crippen LogP contribution in [0, 0.1) is 11.6 Å². The number of carbonyl (C=O) groups is 2. The van der Waals surface area contributed by atoms with E-state index in [1.54, 1.807) is 13.0 Å². The topological polar surface area (TPSA) is 76.7 Å². The second kappa shape index (κ2) is 9.99. The molecule has 3 rings (SSSR count). The Morgan fingerprint density at radius 1 is 1.23 bits per heavy atom. The summed E-state index contributed by atoms with van der Waals surface area (Å²) in [5, 5.41) is 5.49. The van der Waals surface area contributed by atoms with Gasteiger partial charge in [0, 0.05) is 17.6 Å². The number of carbonyl (C=O) groups excluding carboxylic acids is 2. The summed E-state index contributed by atoms with van der Waals surface area (Å²) < 4.78 is 39.6. The molecule has 1 saturated heterocycles. The van der Waals surface area contributed by atoms with Gasteiger partial charge in [-0.05, 0) is 43.2 Å². The summed E-state index contributed by atoms with van der Waals surface area (Å²) in [4.78, 5) is 24.5. The first-order chi connectivity index (χ1) is 14.4. The maximum Gasteiger partial charge on any atom is 0.338 e. The summed E-state index contributed by atoms with van der Waals surface area (Å²) in [5.74, 6) is -2.61. The number of rotatable bonds is 8. The number of anilines is 2. The van der Waals surface area contributed by atoms with Crippen molar-refractivity contribution in [3.05, 3.63) is 57.6 Å². The molecule has 1 amide bonds. The molecule has 1 aliphatic rings. The largest absolute Gasteiger partial charge is 0.462 e. The molecule has 30 heavy (non-hydrogen) atoms. The SMILES string of the molecule is CCOC(=O)c1cc(F)c(NC(=O)Cc2ccc(Br)cc2F)c(NC[C@@H]2CCO2)c1. The van der Waals surface area contributed by atoms with Crippen LogP contribution in [0.4, 0.5) is 20.2 Å². The van der Waals surface area contributed by atoms with E-state index in [-0.39, 0.29) is 41.6 Å². The Balaban J connectivity index is 1.81. The fourth-order valence-corrected chi connectivity index (χ4v) is 3.23. The van der Waals surface area contributed by atoms with Crippen molar-refractivity contribution in [3.8, 4) is 0 Å². The summed E-state index contributed by atoms with van der Waals surface area (Å²) in [6.07, 6.45) is 0.556. The van der Waals surface area contributed by atoms with Crippen molar-refractivity contribution >= 4 is 39.2 Å². The maximum absolute atomic E-state index is 14.8. The number of halogens is 3. The molecule has 0 radical (unpaired) electrons. The maximum atomic E-state index is 14.8. The summed E-state index contributed by atoms with van der Waals surface area (Å²) in [6, 6.07) is 6.76. The van der Waals surface area contributed by atoms with Gasteiger partial charge in [0.15, 0.2) is 0 Å². The minimum absolute atomic E-state index is 0.0170. The molecule has 0 aromatic heterocycles. The van der Waals surface area contributed by atoms with Gasteiger partial charge in [0.05, 0.1) is 30.4 Å². The quantitative estimate of drug-likeness (QED) is 0.549. The molecule has 2 aromatic rings. The molecule has 0 bridgehead atoms. The highest BCUT2D eigenvalue weighted by molar-refractivity contribution is 9.10. The van der Waals surface area contributed by atoms with E-state index in [9.17, 15) is 18.4 Å². The van der Waals surface area contributed by atoms with Crippen molar-refractivity contribution in [2.45, 2.75) is 25.9 Å².